The first-order valence-electron chi connectivity index (χ1n) is 6.35. The highest BCUT2D eigenvalue weighted by atomic mass is 32.2. The molecule has 4 nitrogen and oxygen atoms in total. The van der Waals surface area contributed by atoms with Gasteiger partial charge in [-0.25, -0.2) is 4.72 Å². The van der Waals surface area contributed by atoms with E-state index >= 15 is 0 Å². The van der Waals surface area contributed by atoms with E-state index in [1.54, 1.807) is 15.6 Å². The summed E-state index contributed by atoms with van der Waals surface area (Å²) in [4.78, 5) is 1.21. The Balaban J connectivity index is 1.80. The predicted molar refractivity (Wildman–Crippen MR) is 74.9 cm³/mol. The van der Waals surface area contributed by atoms with E-state index in [0.717, 1.165) is 19.3 Å². The molecule has 2 rings (SSSR count). The smallest absolute Gasteiger partial charge is 0.202 e. The summed E-state index contributed by atoms with van der Waals surface area (Å²) < 4.78 is 28.3. The maximum Gasteiger partial charge on any atom is 0.279 e. The van der Waals surface area contributed by atoms with E-state index in [1.165, 1.54) is 4.88 Å². The molecule has 1 aromatic heterocycles. The van der Waals surface area contributed by atoms with Crippen molar-refractivity contribution in [3.05, 3.63) is 22.4 Å². The van der Waals surface area contributed by atoms with E-state index in [9.17, 15) is 8.42 Å². The molecule has 2 heterocycles. The zero-order chi connectivity index (χ0) is 13.0. The van der Waals surface area contributed by atoms with E-state index in [2.05, 4.69) is 11.6 Å². The van der Waals surface area contributed by atoms with E-state index in [-0.39, 0.29) is 0 Å². The standard InChI is InChI=1S/C12H20N2O2S2/c1-11-5-8-14(9-6-11)18(15,16)13-7-4-12-3-2-10-17-12/h2-3,10-11,13H,4-9H2,1H3. The van der Waals surface area contributed by atoms with Gasteiger partial charge in [-0.15, -0.1) is 11.3 Å². The molecule has 0 aromatic carbocycles. The van der Waals surface area contributed by atoms with E-state index < -0.39 is 10.2 Å². The van der Waals surface area contributed by atoms with Gasteiger partial charge in [-0.05, 0) is 36.6 Å². The van der Waals surface area contributed by atoms with Crippen molar-refractivity contribution in [2.75, 3.05) is 19.6 Å². The summed E-state index contributed by atoms with van der Waals surface area (Å²) in [5.74, 6) is 0.641. The van der Waals surface area contributed by atoms with Gasteiger partial charge in [0.2, 0.25) is 0 Å². The topological polar surface area (TPSA) is 49.4 Å². The Morgan fingerprint density at radius 2 is 2.17 bits per heavy atom. The highest BCUT2D eigenvalue weighted by Crippen LogP contribution is 2.18. The minimum atomic E-state index is -3.27. The summed E-state index contributed by atoms with van der Waals surface area (Å²) in [6.45, 7) is 3.95. The van der Waals surface area contributed by atoms with Gasteiger partial charge in [0.25, 0.3) is 10.2 Å². The first kappa shape index (κ1) is 14.0. The molecule has 1 aliphatic heterocycles. The number of thiophene rings is 1. The van der Waals surface area contributed by atoms with Crippen LogP contribution in [0.3, 0.4) is 0 Å². The number of nitrogens with zero attached hydrogens (tertiary/aromatic N) is 1. The molecule has 1 N–H and O–H groups in total. The van der Waals surface area contributed by atoms with Crippen molar-refractivity contribution >= 4 is 21.5 Å². The molecule has 1 aliphatic rings. The molecule has 0 spiro atoms. The fourth-order valence-electron chi connectivity index (χ4n) is 2.07. The largest absolute Gasteiger partial charge is 0.279 e. The lowest BCUT2D eigenvalue weighted by atomic mass is 10.0. The summed E-state index contributed by atoms with van der Waals surface area (Å²) in [6, 6.07) is 4.02. The van der Waals surface area contributed by atoms with Gasteiger partial charge in [-0.1, -0.05) is 13.0 Å². The van der Waals surface area contributed by atoms with Gasteiger partial charge in [0.05, 0.1) is 0 Å². The number of rotatable bonds is 5. The zero-order valence-electron chi connectivity index (χ0n) is 10.6. The summed E-state index contributed by atoms with van der Waals surface area (Å²) in [6.07, 6.45) is 2.69. The van der Waals surface area contributed by atoms with Gasteiger partial charge < -0.3 is 0 Å². The van der Waals surface area contributed by atoms with Crippen LogP contribution in [0, 0.1) is 5.92 Å². The zero-order valence-corrected chi connectivity index (χ0v) is 12.3. The van der Waals surface area contributed by atoms with Gasteiger partial charge in [-0.2, -0.15) is 12.7 Å². The Morgan fingerprint density at radius 3 is 2.78 bits per heavy atom. The average Bonchev–Trinajstić information content (AvgIpc) is 2.82. The Hall–Kier alpha value is -0.430. The molecule has 1 saturated heterocycles. The first-order chi connectivity index (χ1) is 8.58. The molecule has 1 aromatic rings. The lowest BCUT2D eigenvalue weighted by molar-refractivity contribution is 0.285. The SMILES string of the molecule is CC1CCN(S(=O)(=O)NCCc2cccs2)CC1. The second-order valence-electron chi connectivity index (χ2n) is 4.81. The van der Waals surface area contributed by atoms with Gasteiger partial charge in [0.1, 0.15) is 0 Å². The van der Waals surface area contributed by atoms with E-state index in [0.29, 0.717) is 25.6 Å². The molecular formula is C12H20N2O2S2. The van der Waals surface area contributed by atoms with Crippen LogP contribution >= 0.6 is 11.3 Å². The fraction of sp³-hybridized carbons (Fsp3) is 0.667. The second-order valence-corrected chi connectivity index (χ2v) is 7.60. The molecular weight excluding hydrogens is 268 g/mol. The molecule has 0 unspecified atom stereocenters. The van der Waals surface area contributed by atoms with Crippen LogP contribution in [0.15, 0.2) is 17.5 Å². The Labute approximate surface area is 113 Å². The predicted octanol–water partition coefficient (Wildman–Crippen LogP) is 1.86. The number of hydrogen-bond donors (Lipinski definition) is 1. The minimum absolute atomic E-state index is 0.481. The quantitative estimate of drug-likeness (QED) is 0.899. The number of piperidine rings is 1. The highest BCUT2D eigenvalue weighted by molar-refractivity contribution is 7.87. The molecule has 0 bridgehead atoms. The molecule has 0 amide bonds. The molecule has 0 atom stereocenters. The van der Waals surface area contributed by atoms with Crippen molar-refractivity contribution in [3.63, 3.8) is 0 Å². The van der Waals surface area contributed by atoms with Gasteiger partial charge in [-0.3, -0.25) is 0 Å². The van der Waals surface area contributed by atoms with Crippen molar-refractivity contribution in [2.45, 2.75) is 26.2 Å². The van der Waals surface area contributed by atoms with Gasteiger partial charge in [0, 0.05) is 24.5 Å². The monoisotopic (exact) mass is 288 g/mol. The molecule has 0 aliphatic carbocycles. The molecule has 6 heteroatoms. The van der Waals surface area contributed by atoms with E-state index in [4.69, 9.17) is 0 Å². The van der Waals surface area contributed by atoms with Crippen LogP contribution in [0.2, 0.25) is 0 Å². The van der Waals surface area contributed by atoms with Crippen LogP contribution in [0.5, 0.6) is 0 Å². The summed E-state index contributed by atoms with van der Waals surface area (Å²) in [7, 11) is -3.27. The third kappa shape index (κ3) is 3.78. The molecule has 102 valence electrons. The van der Waals surface area contributed by atoms with Crippen LogP contribution < -0.4 is 4.72 Å². The second kappa shape index (κ2) is 6.14. The van der Waals surface area contributed by atoms with Crippen LogP contribution in [0.1, 0.15) is 24.6 Å². The lowest BCUT2D eigenvalue weighted by Crippen LogP contribution is -2.45. The van der Waals surface area contributed by atoms with Crippen LogP contribution in [0.25, 0.3) is 0 Å². The molecule has 1 fully saturated rings. The minimum Gasteiger partial charge on any atom is -0.202 e. The third-order valence-corrected chi connectivity index (χ3v) is 5.87. The van der Waals surface area contributed by atoms with Crippen molar-refractivity contribution in [1.29, 1.82) is 0 Å². The summed E-state index contributed by atoms with van der Waals surface area (Å²) >= 11 is 1.66. The van der Waals surface area contributed by atoms with Crippen molar-refractivity contribution in [1.82, 2.24) is 9.03 Å². The third-order valence-electron chi connectivity index (χ3n) is 3.32. The summed E-state index contributed by atoms with van der Waals surface area (Å²) in [5, 5.41) is 2.01. The number of nitrogens with one attached hydrogen (secondary N) is 1. The first-order valence-corrected chi connectivity index (χ1v) is 8.67. The van der Waals surface area contributed by atoms with Crippen molar-refractivity contribution in [2.24, 2.45) is 5.92 Å². The van der Waals surface area contributed by atoms with Crippen molar-refractivity contribution in [3.8, 4) is 0 Å². The van der Waals surface area contributed by atoms with Gasteiger partial charge >= 0.3 is 0 Å². The Morgan fingerprint density at radius 1 is 1.44 bits per heavy atom. The Bertz CT molecular complexity index is 448. The normalized spacial score (nSPS) is 19.2. The lowest BCUT2D eigenvalue weighted by Gasteiger charge is -2.29. The maximum atomic E-state index is 12.0. The fourth-order valence-corrected chi connectivity index (χ4v) is 4.02. The van der Waals surface area contributed by atoms with Gasteiger partial charge in [0.15, 0.2) is 0 Å². The Kier molecular flexibility index (Phi) is 4.77. The number of hydrogen-bond acceptors (Lipinski definition) is 3. The maximum absolute atomic E-state index is 12.0. The molecule has 18 heavy (non-hydrogen) atoms. The van der Waals surface area contributed by atoms with E-state index in [1.807, 2.05) is 17.5 Å². The van der Waals surface area contributed by atoms with Crippen LogP contribution in [-0.4, -0.2) is 32.4 Å². The van der Waals surface area contributed by atoms with Crippen LogP contribution in [-0.2, 0) is 16.6 Å². The molecule has 0 saturated carbocycles. The van der Waals surface area contributed by atoms with Crippen LogP contribution in [0.4, 0.5) is 0 Å². The highest BCUT2D eigenvalue weighted by Gasteiger charge is 2.25. The van der Waals surface area contributed by atoms with Crippen molar-refractivity contribution < 1.29 is 8.42 Å². The average molecular weight is 288 g/mol. The summed E-state index contributed by atoms with van der Waals surface area (Å²) in [5.41, 5.74) is 0. The molecule has 0 radical (unpaired) electrons.